The molecule has 3 rings (SSSR count). The van der Waals surface area contributed by atoms with Gasteiger partial charge in [-0.25, -0.2) is 0 Å². The van der Waals surface area contributed by atoms with Crippen molar-refractivity contribution in [3.05, 3.63) is 28.8 Å². The smallest absolute Gasteiger partial charge is 0.127 e. The van der Waals surface area contributed by atoms with Gasteiger partial charge in [0.05, 0.1) is 6.61 Å². The van der Waals surface area contributed by atoms with Crippen LogP contribution in [0.1, 0.15) is 42.5 Å². The van der Waals surface area contributed by atoms with Crippen LogP contribution in [-0.4, -0.2) is 31.1 Å². The number of nitrogens with zero attached hydrogens (tertiary/aromatic N) is 1. The molecule has 21 heavy (non-hydrogen) atoms. The number of rotatable bonds is 2. The molecule has 1 aromatic carbocycles. The minimum atomic E-state index is 0.101. The van der Waals surface area contributed by atoms with Crippen molar-refractivity contribution in [1.82, 2.24) is 4.90 Å². The molecule has 2 aliphatic rings. The first kappa shape index (κ1) is 14.9. The van der Waals surface area contributed by atoms with Crippen molar-refractivity contribution in [2.75, 3.05) is 26.2 Å². The number of hydrogen-bond donors (Lipinski definition) is 1. The Kier molecular flexibility index (Phi) is 4.23. The van der Waals surface area contributed by atoms with Gasteiger partial charge >= 0.3 is 0 Å². The molecular formula is C18H28N2O. The zero-order chi connectivity index (χ0) is 15.0. The van der Waals surface area contributed by atoms with E-state index in [2.05, 4.69) is 37.8 Å². The van der Waals surface area contributed by atoms with Crippen molar-refractivity contribution in [2.24, 2.45) is 17.6 Å². The SMILES string of the molecule is Cc1cc(C)c2c(c1)C(N)C(CN1CCCC(C)C1)CO2. The van der Waals surface area contributed by atoms with E-state index in [-0.39, 0.29) is 6.04 Å². The van der Waals surface area contributed by atoms with E-state index >= 15 is 0 Å². The molecule has 0 bridgehead atoms. The minimum Gasteiger partial charge on any atom is -0.493 e. The third-order valence-corrected chi connectivity index (χ3v) is 4.99. The second kappa shape index (κ2) is 5.98. The molecule has 1 aromatic rings. The van der Waals surface area contributed by atoms with E-state index in [1.54, 1.807) is 0 Å². The number of fused-ring (bicyclic) bond motifs is 1. The molecule has 3 unspecified atom stereocenters. The summed E-state index contributed by atoms with van der Waals surface area (Å²) in [4.78, 5) is 2.58. The summed E-state index contributed by atoms with van der Waals surface area (Å²) in [7, 11) is 0. The molecule has 0 spiro atoms. The van der Waals surface area contributed by atoms with Crippen molar-refractivity contribution < 1.29 is 4.74 Å². The summed E-state index contributed by atoms with van der Waals surface area (Å²) in [6.07, 6.45) is 2.68. The summed E-state index contributed by atoms with van der Waals surface area (Å²) in [5.41, 5.74) is 10.3. The van der Waals surface area contributed by atoms with Gasteiger partial charge in [-0.1, -0.05) is 24.6 Å². The van der Waals surface area contributed by atoms with Crippen LogP contribution in [-0.2, 0) is 0 Å². The lowest BCUT2D eigenvalue weighted by Gasteiger charge is -2.38. The van der Waals surface area contributed by atoms with Crippen LogP contribution >= 0.6 is 0 Å². The number of nitrogens with two attached hydrogens (primary N) is 1. The lowest BCUT2D eigenvalue weighted by molar-refractivity contribution is 0.109. The van der Waals surface area contributed by atoms with Crippen LogP contribution in [0.5, 0.6) is 5.75 Å². The first-order valence-corrected chi connectivity index (χ1v) is 8.26. The molecule has 3 atom stereocenters. The highest BCUT2D eigenvalue weighted by molar-refractivity contribution is 5.46. The Morgan fingerprint density at radius 1 is 1.33 bits per heavy atom. The van der Waals surface area contributed by atoms with Crippen LogP contribution in [0.4, 0.5) is 0 Å². The summed E-state index contributed by atoms with van der Waals surface area (Å²) >= 11 is 0. The summed E-state index contributed by atoms with van der Waals surface area (Å²) < 4.78 is 6.05. The van der Waals surface area contributed by atoms with Crippen molar-refractivity contribution in [3.8, 4) is 5.75 Å². The molecule has 0 radical (unpaired) electrons. The molecule has 2 aliphatic heterocycles. The average Bonchev–Trinajstić information content (AvgIpc) is 2.42. The van der Waals surface area contributed by atoms with Crippen molar-refractivity contribution in [3.63, 3.8) is 0 Å². The van der Waals surface area contributed by atoms with E-state index in [1.807, 2.05) is 0 Å². The molecule has 116 valence electrons. The first-order chi connectivity index (χ1) is 10.0. The fourth-order valence-electron chi connectivity index (χ4n) is 3.93. The van der Waals surface area contributed by atoms with Gasteiger partial charge in [0, 0.05) is 30.6 Å². The fourth-order valence-corrected chi connectivity index (χ4v) is 3.93. The maximum atomic E-state index is 6.57. The molecule has 3 nitrogen and oxygen atoms in total. The molecule has 1 saturated heterocycles. The number of ether oxygens (including phenoxy) is 1. The predicted octanol–water partition coefficient (Wildman–Crippen LogP) is 3.04. The highest BCUT2D eigenvalue weighted by atomic mass is 16.5. The normalized spacial score (nSPS) is 29.8. The van der Waals surface area contributed by atoms with Crippen LogP contribution in [0, 0.1) is 25.7 Å². The highest BCUT2D eigenvalue weighted by Crippen LogP contribution is 2.37. The van der Waals surface area contributed by atoms with E-state index < -0.39 is 0 Å². The molecular weight excluding hydrogens is 260 g/mol. The molecule has 2 N–H and O–H groups in total. The maximum Gasteiger partial charge on any atom is 0.127 e. The largest absolute Gasteiger partial charge is 0.493 e. The van der Waals surface area contributed by atoms with Gasteiger partial charge in [-0.3, -0.25) is 0 Å². The first-order valence-electron chi connectivity index (χ1n) is 8.26. The van der Waals surface area contributed by atoms with Crippen molar-refractivity contribution in [1.29, 1.82) is 0 Å². The Morgan fingerprint density at radius 2 is 2.14 bits per heavy atom. The third kappa shape index (κ3) is 3.09. The quantitative estimate of drug-likeness (QED) is 0.909. The van der Waals surface area contributed by atoms with Crippen LogP contribution in [0.3, 0.4) is 0 Å². The summed E-state index contributed by atoms with van der Waals surface area (Å²) in [5, 5.41) is 0. The van der Waals surface area contributed by atoms with Crippen molar-refractivity contribution >= 4 is 0 Å². The second-order valence-electron chi connectivity index (χ2n) is 7.10. The lowest BCUT2D eigenvalue weighted by Crippen LogP contribution is -2.43. The maximum absolute atomic E-state index is 6.57. The highest BCUT2D eigenvalue weighted by Gasteiger charge is 2.31. The van der Waals surface area contributed by atoms with E-state index in [0.717, 1.165) is 24.8 Å². The fraction of sp³-hybridized carbons (Fsp3) is 0.667. The standard InChI is InChI=1S/C18H28N2O/c1-12-5-4-6-20(9-12)10-15-11-21-18-14(3)7-13(2)8-16(18)17(15)19/h7-8,12,15,17H,4-6,9-11,19H2,1-3H3. The minimum absolute atomic E-state index is 0.101. The van der Waals surface area contributed by atoms with Gasteiger partial charge in [0.25, 0.3) is 0 Å². The number of benzene rings is 1. The Labute approximate surface area is 128 Å². The molecule has 1 fully saturated rings. The van der Waals surface area contributed by atoms with Crippen LogP contribution in [0.2, 0.25) is 0 Å². The Balaban J connectivity index is 1.74. The predicted molar refractivity (Wildman–Crippen MR) is 86.7 cm³/mol. The summed E-state index contributed by atoms with van der Waals surface area (Å²) in [6.45, 7) is 10.9. The van der Waals surface area contributed by atoms with E-state index in [4.69, 9.17) is 10.5 Å². The van der Waals surface area contributed by atoms with E-state index in [9.17, 15) is 0 Å². The van der Waals surface area contributed by atoms with E-state index in [0.29, 0.717) is 5.92 Å². The van der Waals surface area contributed by atoms with Gasteiger partial charge in [0.2, 0.25) is 0 Å². The summed E-state index contributed by atoms with van der Waals surface area (Å²) in [6, 6.07) is 4.49. The van der Waals surface area contributed by atoms with E-state index in [1.165, 1.54) is 42.6 Å². The van der Waals surface area contributed by atoms with Gasteiger partial charge in [-0.15, -0.1) is 0 Å². The molecule has 0 aliphatic carbocycles. The molecule has 2 heterocycles. The van der Waals surface area contributed by atoms with Crippen LogP contribution < -0.4 is 10.5 Å². The number of likely N-dealkylation sites (tertiary alicyclic amines) is 1. The molecule has 3 heteroatoms. The summed E-state index contributed by atoms with van der Waals surface area (Å²) in [5.74, 6) is 2.25. The van der Waals surface area contributed by atoms with Gasteiger partial charge in [-0.05, 0) is 44.7 Å². The van der Waals surface area contributed by atoms with Gasteiger partial charge < -0.3 is 15.4 Å². The number of aryl methyl sites for hydroxylation is 2. The Morgan fingerprint density at radius 3 is 2.90 bits per heavy atom. The van der Waals surface area contributed by atoms with Crippen LogP contribution in [0.15, 0.2) is 12.1 Å². The molecule has 0 saturated carbocycles. The number of piperidine rings is 1. The lowest BCUT2D eigenvalue weighted by atomic mass is 9.88. The zero-order valence-corrected chi connectivity index (χ0v) is 13.6. The zero-order valence-electron chi connectivity index (χ0n) is 13.6. The second-order valence-corrected chi connectivity index (χ2v) is 7.10. The van der Waals surface area contributed by atoms with Gasteiger partial charge in [-0.2, -0.15) is 0 Å². The topological polar surface area (TPSA) is 38.5 Å². The third-order valence-electron chi connectivity index (χ3n) is 4.99. The molecule has 0 amide bonds. The monoisotopic (exact) mass is 288 g/mol. The average molecular weight is 288 g/mol. The Hall–Kier alpha value is -1.06. The van der Waals surface area contributed by atoms with Gasteiger partial charge in [0.15, 0.2) is 0 Å². The molecule has 0 aromatic heterocycles. The Bertz CT molecular complexity index is 514. The van der Waals surface area contributed by atoms with Gasteiger partial charge in [0.1, 0.15) is 5.75 Å². The van der Waals surface area contributed by atoms with Crippen molar-refractivity contribution in [2.45, 2.75) is 39.7 Å². The van der Waals surface area contributed by atoms with Crippen LogP contribution in [0.25, 0.3) is 0 Å². The number of hydrogen-bond acceptors (Lipinski definition) is 3.